The molecule has 27 heavy (non-hydrogen) atoms. The van der Waals surface area contributed by atoms with Gasteiger partial charge < -0.3 is 10.1 Å². The molecule has 1 N–H and O–H groups in total. The Morgan fingerprint density at radius 2 is 2.04 bits per heavy atom. The van der Waals surface area contributed by atoms with Crippen LogP contribution in [0.3, 0.4) is 0 Å². The molecule has 3 aromatic rings. The van der Waals surface area contributed by atoms with Gasteiger partial charge in [-0.2, -0.15) is 0 Å². The quantitative estimate of drug-likeness (QED) is 0.683. The number of nitrogens with one attached hydrogen (secondary N) is 1. The molecule has 6 nitrogen and oxygen atoms in total. The number of hydrogen-bond acceptors (Lipinski definition) is 4. The van der Waals surface area contributed by atoms with Gasteiger partial charge in [-0.15, -0.1) is 0 Å². The second-order valence-electron chi connectivity index (χ2n) is 6.57. The summed E-state index contributed by atoms with van der Waals surface area (Å²) in [5.41, 5.74) is 1.72. The molecule has 1 amide bonds. The van der Waals surface area contributed by atoms with Crippen molar-refractivity contribution in [2.24, 2.45) is 0 Å². The first kappa shape index (κ1) is 18.6. The molecule has 0 fully saturated rings. The van der Waals surface area contributed by atoms with Crippen LogP contribution in [0.15, 0.2) is 61.3 Å². The van der Waals surface area contributed by atoms with Gasteiger partial charge in [0.25, 0.3) is 5.91 Å². The van der Waals surface area contributed by atoms with Crippen molar-refractivity contribution in [3.05, 3.63) is 66.9 Å². The van der Waals surface area contributed by atoms with Crippen LogP contribution in [-0.4, -0.2) is 26.5 Å². The number of ether oxygens (including phenoxy) is 1. The fourth-order valence-electron chi connectivity index (χ4n) is 2.77. The number of aromatic nitrogens is 3. The van der Waals surface area contributed by atoms with Gasteiger partial charge in [0.05, 0.1) is 11.9 Å². The third kappa shape index (κ3) is 4.53. The largest absolute Gasteiger partial charge is 0.480 e. The van der Waals surface area contributed by atoms with E-state index in [4.69, 9.17) is 4.74 Å². The minimum absolute atomic E-state index is 0.187. The van der Waals surface area contributed by atoms with E-state index in [9.17, 15) is 4.79 Å². The molecule has 0 aliphatic heterocycles. The average molecular weight is 364 g/mol. The van der Waals surface area contributed by atoms with E-state index in [1.165, 1.54) is 0 Å². The Labute approximate surface area is 159 Å². The van der Waals surface area contributed by atoms with Crippen molar-refractivity contribution in [2.45, 2.75) is 39.2 Å². The van der Waals surface area contributed by atoms with Crippen LogP contribution in [0.4, 0.5) is 5.69 Å². The van der Waals surface area contributed by atoms with Gasteiger partial charge in [-0.05, 0) is 36.1 Å². The lowest BCUT2D eigenvalue weighted by Gasteiger charge is -2.20. The molecular weight excluding hydrogens is 340 g/mol. The fraction of sp³-hybridized carbons (Fsp3) is 0.286. The van der Waals surface area contributed by atoms with Crippen molar-refractivity contribution in [1.29, 1.82) is 0 Å². The van der Waals surface area contributed by atoms with Gasteiger partial charge in [-0.1, -0.05) is 39.0 Å². The van der Waals surface area contributed by atoms with Crippen LogP contribution >= 0.6 is 0 Å². The summed E-state index contributed by atoms with van der Waals surface area (Å²) in [6, 6.07) is 11.5. The molecule has 6 heteroatoms. The van der Waals surface area contributed by atoms with Gasteiger partial charge in [-0.3, -0.25) is 9.36 Å². The van der Waals surface area contributed by atoms with E-state index >= 15 is 0 Å². The molecule has 3 rings (SSSR count). The average Bonchev–Trinajstić information content (AvgIpc) is 3.21. The maximum atomic E-state index is 12.7. The predicted octanol–water partition coefficient (Wildman–Crippen LogP) is 4.19. The number of rotatable bonds is 7. The van der Waals surface area contributed by atoms with Crippen LogP contribution in [0.2, 0.25) is 0 Å². The van der Waals surface area contributed by atoms with Gasteiger partial charge in [0, 0.05) is 12.4 Å². The van der Waals surface area contributed by atoms with Gasteiger partial charge in [0.15, 0.2) is 6.10 Å². The van der Waals surface area contributed by atoms with Gasteiger partial charge in [0.1, 0.15) is 17.9 Å². The van der Waals surface area contributed by atoms with Crippen molar-refractivity contribution >= 4 is 11.6 Å². The van der Waals surface area contributed by atoms with Crippen LogP contribution < -0.4 is 10.1 Å². The van der Waals surface area contributed by atoms with Crippen LogP contribution in [0, 0.1) is 0 Å². The Hall–Kier alpha value is -3.15. The number of anilines is 1. The Kier molecular flexibility index (Phi) is 5.86. The van der Waals surface area contributed by atoms with E-state index in [-0.39, 0.29) is 5.91 Å². The number of para-hydroxylation sites is 1. The second-order valence-corrected chi connectivity index (χ2v) is 6.57. The number of imidazole rings is 1. The molecule has 2 aromatic heterocycles. The molecular formula is C21H24N4O2. The van der Waals surface area contributed by atoms with Crippen LogP contribution in [0.1, 0.15) is 38.7 Å². The summed E-state index contributed by atoms with van der Waals surface area (Å²) in [4.78, 5) is 21.0. The summed E-state index contributed by atoms with van der Waals surface area (Å²) < 4.78 is 7.83. The number of carbonyl (C=O) groups is 1. The van der Waals surface area contributed by atoms with E-state index in [2.05, 4.69) is 29.1 Å². The smallest absolute Gasteiger partial charge is 0.265 e. The van der Waals surface area contributed by atoms with Crippen molar-refractivity contribution in [3.8, 4) is 11.6 Å². The third-order valence-corrected chi connectivity index (χ3v) is 4.26. The maximum absolute atomic E-state index is 12.7. The van der Waals surface area contributed by atoms with E-state index in [1.807, 2.05) is 49.5 Å². The fourth-order valence-corrected chi connectivity index (χ4v) is 2.77. The Bertz CT molecular complexity index is 873. The number of pyridine rings is 1. The molecule has 0 aliphatic carbocycles. The number of benzene rings is 1. The molecule has 0 radical (unpaired) electrons. The monoisotopic (exact) mass is 364 g/mol. The van der Waals surface area contributed by atoms with Crippen molar-refractivity contribution in [3.63, 3.8) is 0 Å². The Morgan fingerprint density at radius 1 is 1.22 bits per heavy atom. The number of carbonyl (C=O) groups excluding carboxylic acids is 1. The van der Waals surface area contributed by atoms with Crippen LogP contribution in [0.5, 0.6) is 5.75 Å². The Balaban J connectivity index is 1.69. The summed E-state index contributed by atoms with van der Waals surface area (Å²) in [5, 5.41) is 2.88. The van der Waals surface area contributed by atoms with E-state index in [1.54, 1.807) is 23.3 Å². The summed E-state index contributed by atoms with van der Waals surface area (Å²) in [6.45, 7) is 6.15. The van der Waals surface area contributed by atoms with Crippen molar-refractivity contribution in [1.82, 2.24) is 14.5 Å². The van der Waals surface area contributed by atoms with E-state index in [0.29, 0.717) is 18.0 Å². The third-order valence-electron chi connectivity index (χ3n) is 4.26. The zero-order valence-corrected chi connectivity index (χ0v) is 15.8. The minimum atomic E-state index is -0.571. The molecule has 0 bridgehead atoms. The van der Waals surface area contributed by atoms with Gasteiger partial charge in [-0.25, -0.2) is 9.97 Å². The van der Waals surface area contributed by atoms with Crippen molar-refractivity contribution in [2.75, 3.05) is 5.32 Å². The normalized spacial score (nSPS) is 12.0. The molecule has 1 aromatic carbocycles. The Morgan fingerprint density at radius 3 is 2.67 bits per heavy atom. The predicted molar refractivity (Wildman–Crippen MR) is 105 cm³/mol. The lowest BCUT2D eigenvalue weighted by molar-refractivity contribution is -0.122. The maximum Gasteiger partial charge on any atom is 0.265 e. The second kappa shape index (κ2) is 8.49. The molecule has 140 valence electrons. The first-order valence-corrected chi connectivity index (χ1v) is 9.09. The molecule has 0 unspecified atom stereocenters. The van der Waals surface area contributed by atoms with E-state index < -0.39 is 6.10 Å². The lowest BCUT2D eigenvalue weighted by atomic mass is 10.0. The molecule has 0 aliphatic rings. The minimum Gasteiger partial charge on any atom is -0.480 e. The summed E-state index contributed by atoms with van der Waals surface area (Å²) >= 11 is 0. The topological polar surface area (TPSA) is 69.0 Å². The van der Waals surface area contributed by atoms with E-state index in [0.717, 1.165) is 17.1 Å². The molecule has 1 atom stereocenters. The zero-order valence-electron chi connectivity index (χ0n) is 15.8. The summed E-state index contributed by atoms with van der Waals surface area (Å²) in [5.74, 6) is 1.62. The zero-order chi connectivity index (χ0) is 19.2. The standard InChI is InChI=1S/C21H24N4O2/c1-4-18(27-19-8-6-5-7-17(19)15(2)3)21(26)24-16-9-10-20(23-13-16)25-12-11-22-14-25/h5-15,18H,4H2,1-3H3,(H,24,26)/t18-/m1/s1. The summed E-state index contributed by atoms with van der Waals surface area (Å²) in [6.07, 6.45) is 6.80. The molecule has 0 spiro atoms. The van der Waals surface area contributed by atoms with Crippen LogP contribution in [0.25, 0.3) is 5.82 Å². The highest BCUT2D eigenvalue weighted by atomic mass is 16.5. The first-order valence-electron chi connectivity index (χ1n) is 9.09. The molecule has 0 saturated heterocycles. The summed E-state index contributed by atoms with van der Waals surface area (Å²) in [7, 11) is 0. The molecule has 0 saturated carbocycles. The van der Waals surface area contributed by atoms with Crippen molar-refractivity contribution < 1.29 is 9.53 Å². The highest BCUT2D eigenvalue weighted by Crippen LogP contribution is 2.27. The van der Waals surface area contributed by atoms with Gasteiger partial charge in [0.2, 0.25) is 0 Å². The van der Waals surface area contributed by atoms with Gasteiger partial charge >= 0.3 is 0 Å². The number of amides is 1. The molecule has 2 heterocycles. The number of nitrogens with zero attached hydrogens (tertiary/aromatic N) is 3. The number of hydrogen-bond donors (Lipinski definition) is 1. The highest BCUT2D eigenvalue weighted by molar-refractivity contribution is 5.94. The van der Waals surface area contributed by atoms with Crippen LogP contribution in [-0.2, 0) is 4.79 Å². The lowest BCUT2D eigenvalue weighted by Crippen LogP contribution is -2.32. The first-order chi connectivity index (χ1) is 13.1. The highest BCUT2D eigenvalue weighted by Gasteiger charge is 2.20. The SMILES string of the molecule is CC[C@@H](Oc1ccccc1C(C)C)C(=O)Nc1ccc(-n2ccnc2)nc1.